The van der Waals surface area contributed by atoms with Crippen LogP contribution in [0, 0.1) is 29.6 Å². The van der Waals surface area contributed by atoms with Crippen molar-refractivity contribution in [1.82, 2.24) is 24.3 Å². The van der Waals surface area contributed by atoms with Crippen LogP contribution in [0.1, 0.15) is 80.6 Å². The van der Waals surface area contributed by atoms with Crippen molar-refractivity contribution in [2.24, 2.45) is 23.7 Å². The number of amides is 1. The first-order valence-corrected chi connectivity index (χ1v) is 21.1. The molecule has 2 aromatic heterocycles. The van der Waals surface area contributed by atoms with Crippen molar-refractivity contribution in [3.05, 3.63) is 49.5 Å². The quantitative estimate of drug-likeness (QED) is 0.0969. The Morgan fingerprint density at radius 2 is 1.75 bits per heavy atom. The summed E-state index contributed by atoms with van der Waals surface area (Å²) in [6, 6.07) is 1.66. The van der Waals surface area contributed by atoms with E-state index in [1.165, 1.54) is 37.3 Å². The maximum Gasteiger partial charge on any atom is 0.411 e. The first-order valence-electron chi connectivity index (χ1n) is 21.1. The fourth-order valence-corrected chi connectivity index (χ4v) is 9.42. The topological polar surface area (TPSA) is 172 Å². The number of fused-ring (bicyclic) bond motifs is 1. The number of cyclic esters (lactones) is 1. The van der Waals surface area contributed by atoms with Gasteiger partial charge in [-0.15, -0.1) is 0 Å². The summed E-state index contributed by atoms with van der Waals surface area (Å²) in [4.78, 5) is 68.7. The molecule has 0 radical (unpaired) electrons. The number of imidazole rings is 1. The third-order valence-electron chi connectivity index (χ3n) is 12.9. The number of Topliss-reactive ketones (excluding diaryl/α,β-unsaturated/α-hetero) is 2. The zero-order valence-electron chi connectivity index (χ0n) is 36.7. The van der Waals surface area contributed by atoms with Crippen molar-refractivity contribution in [3.63, 3.8) is 0 Å². The van der Waals surface area contributed by atoms with E-state index in [1.54, 1.807) is 47.0 Å². The SMILES string of the molecule is C=C[C@]12OC(=O)N(CCCCn3cnc(-c4ccc(F)nc4)c3)[C@H]1[C@@H](C)C(=O)[C@H](C)C[C@](C)(OC)[C@H](OC1O[C@H](C)C[C@H](N(C)C)[C@H]1O)[C@@H](C)C(=O)[C@@H](C)C(=O)O[C@@H]2CC. The van der Waals surface area contributed by atoms with E-state index in [0.29, 0.717) is 37.1 Å². The molecule has 1 unspecified atom stereocenters. The Balaban J connectivity index is 1.45. The zero-order valence-corrected chi connectivity index (χ0v) is 36.7. The Bertz CT molecular complexity index is 1840. The number of aliphatic hydroxyl groups excluding tert-OH is 1. The van der Waals surface area contributed by atoms with E-state index < -0.39 is 89.3 Å². The summed E-state index contributed by atoms with van der Waals surface area (Å²) in [5.74, 6) is -5.92. The van der Waals surface area contributed by atoms with Crippen LogP contribution in [0.3, 0.4) is 0 Å². The van der Waals surface area contributed by atoms with Crippen molar-refractivity contribution in [1.29, 1.82) is 0 Å². The number of aryl methyl sites for hydroxylation is 1. The lowest BCUT2D eigenvalue weighted by molar-refractivity contribution is -0.295. The smallest absolute Gasteiger partial charge is 0.411 e. The largest absolute Gasteiger partial charge is 0.457 e. The zero-order chi connectivity index (χ0) is 44.3. The summed E-state index contributed by atoms with van der Waals surface area (Å²) in [5, 5.41) is 11.5. The molecule has 16 heteroatoms. The minimum Gasteiger partial charge on any atom is -0.457 e. The Hall–Kier alpha value is -4.09. The number of carbonyl (C=O) groups excluding carboxylic acids is 4. The Morgan fingerprint density at radius 1 is 1.05 bits per heavy atom. The molecule has 5 rings (SSSR count). The first kappa shape index (κ1) is 47.0. The van der Waals surface area contributed by atoms with Crippen molar-refractivity contribution in [2.75, 3.05) is 27.7 Å². The van der Waals surface area contributed by atoms with Gasteiger partial charge in [0, 0.05) is 62.0 Å². The lowest BCUT2D eigenvalue weighted by Gasteiger charge is -2.47. The number of aliphatic hydroxyl groups is 1. The molecular formula is C44H64FN5O10. The van der Waals surface area contributed by atoms with Crippen LogP contribution >= 0.6 is 0 Å². The van der Waals surface area contributed by atoms with Crippen LogP contribution in [0.15, 0.2) is 43.5 Å². The molecule has 13 atom stereocenters. The Kier molecular flexibility index (Phi) is 15.1. The molecule has 0 aliphatic carbocycles. The summed E-state index contributed by atoms with van der Waals surface area (Å²) in [7, 11) is 5.20. The minimum absolute atomic E-state index is 0.0873. The minimum atomic E-state index is -1.62. The van der Waals surface area contributed by atoms with Gasteiger partial charge in [-0.3, -0.25) is 19.3 Å². The van der Waals surface area contributed by atoms with Gasteiger partial charge in [0.25, 0.3) is 0 Å². The number of nitrogens with zero attached hydrogens (tertiary/aromatic N) is 5. The first-order chi connectivity index (χ1) is 28.3. The molecule has 332 valence electrons. The number of ketones is 2. The van der Waals surface area contributed by atoms with Crippen LogP contribution in [0.2, 0.25) is 0 Å². The lowest BCUT2D eigenvalue weighted by Crippen LogP contribution is -2.60. The predicted octanol–water partition coefficient (Wildman–Crippen LogP) is 5.23. The van der Waals surface area contributed by atoms with Crippen LogP contribution in [0.5, 0.6) is 0 Å². The molecule has 60 heavy (non-hydrogen) atoms. The number of carbonyl (C=O) groups is 4. The van der Waals surface area contributed by atoms with Crippen LogP contribution in [-0.4, -0.2) is 135 Å². The van der Waals surface area contributed by atoms with Gasteiger partial charge in [0.2, 0.25) is 5.95 Å². The molecule has 3 saturated heterocycles. The molecule has 5 heterocycles. The van der Waals surface area contributed by atoms with Crippen molar-refractivity contribution < 1.29 is 52.4 Å². The van der Waals surface area contributed by atoms with Gasteiger partial charge in [-0.05, 0) is 85.2 Å². The molecule has 3 aliphatic rings. The number of pyridine rings is 1. The highest BCUT2D eigenvalue weighted by atomic mass is 19.1. The number of halogens is 1. The van der Waals surface area contributed by atoms with Crippen LogP contribution in [0.4, 0.5) is 9.18 Å². The highest BCUT2D eigenvalue weighted by Gasteiger charge is 2.61. The highest BCUT2D eigenvalue weighted by molar-refractivity contribution is 6.00. The predicted molar refractivity (Wildman–Crippen MR) is 219 cm³/mol. The second-order valence-electron chi connectivity index (χ2n) is 17.3. The van der Waals surface area contributed by atoms with Gasteiger partial charge in [0.05, 0.1) is 35.9 Å². The van der Waals surface area contributed by atoms with Gasteiger partial charge < -0.3 is 38.3 Å². The molecule has 2 aromatic rings. The standard InChI is InChI=1S/C44H64FN5O10/c1-12-33-44(13-2)38(50(42(55)60-44)19-15-14-18-49-23-31(47-24-49)30-16-17-34(45)46-22-30)27(5)35(51)25(3)21-43(8,56-11)39(28(6)36(52)29(7)40(54)58-33)59-41-37(53)32(48(9)10)20-26(4)57-41/h13,16-17,22-29,32-33,37-39,41,53H,2,12,14-15,18-21H2,1,3-11H3/t25-,26-,27+,28+,29-,32+,33-,37-,38+,39-,41?,43+,44-/m1/s1. The van der Waals surface area contributed by atoms with Crippen LogP contribution < -0.4 is 0 Å². The maximum atomic E-state index is 14.8. The normalized spacial score (nSPS) is 35.8. The van der Waals surface area contributed by atoms with E-state index in [-0.39, 0.29) is 37.3 Å². The van der Waals surface area contributed by atoms with E-state index in [2.05, 4.69) is 16.5 Å². The van der Waals surface area contributed by atoms with Crippen LogP contribution in [-0.2, 0) is 44.6 Å². The van der Waals surface area contributed by atoms with Gasteiger partial charge in [0.15, 0.2) is 17.7 Å². The van der Waals surface area contributed by atoms with Gasteiger partial charge in [-0.2, -0.15) is 4.39 Å². The van der Waals surface area contributed by atoms with Gasteiger partial charge in [0.1, 0.15) is 23.9 Å². The number of likely N-dealkylation sites (N-methyl/N-ethyl adjacent to an activating group) is 1. The maximum absolute atomic E-state index is 14.8. The summed E-state index contributed by atoms with van der Waals surface area (Å²) < 4.78 is 46.5. The summed E-state index contributed by atoms with van der Waals surface area (Å²) >= 11 is 0. The third kappa shape index (κ3) is 9.52. The van der Waals surface area contributed by atoms with Crippen molar-refractivity contribution in [2.45, 2.75) is 141 Å². The average molecular weight is 842 g/mol. The molecular weight excluding hydrogens is 778 g/mol. The number of hydrogen-bond acceptors (Lipinski definition) is 13. The Morgan fingerprint density at radius 3 is 2.37 bits per heavy atom. The molecule has 3 aliphatic heterocycles. The highest BCUT2D eigenvalue weighted by Crippen LogP contribution is 2.44. The number of unbranched alkanes of at least 4 members (excludes halogenated alkanes) is 1. The van der Waals surface area contributed by atoms with Gasteiger partial charge in [-0.25, -0.2) is 14.8 Å². The summed E-state index contributed by atoms with van der Waals surface area (Å²) in [6.45, 7) is 16.9. The molecule has 0 saturated carbocycles. The number of methoxy groups -OCH3 is 1. The second-order valence-corrected chi connectivity index (χ2v) is 17.3. The molecule has 0 spiro atoms. The molecule has 1 amide bonds. The van der Waals surface area contributed by atoms with Gasteiger partial charge in [-0.1, -0.05) is 34.3 Å². The summed E-state index contributed by atoms with van der Waals surface area (Å²) in [6.07, 6.45) is 3.01. The number of esters is 1. The van der Waals surface area contributed by atoms with E-state index in [1.807, 2.05) is 36.7 Å². The third-order valence-corrected chi connectivity index (χ3v) is 12.9. The lowest BCUT2D eigenvalue weighted by atomic mass is 9.72. The molecule has 1 N–H and O–H groups in total. The number of aromatic nitrogens is 3. The second kappa shape index (κ2) is 19.3. The van der Waals surface area contributed by atoms with Gasteiger partial charge >= 0.3 is 12.1 Å². The molecule has 0 bridgehead atoms. The van der Waals surface area contributed by atoms with Crippen molar-refractivity contribution >= 4 is 23.6 Å². The number of hydrogen-bond donors (Lipinski definition) is 1. The van der Waals surface area contributed by atoms with E-state index in [0.717, 1.165) is 0 Å². The number of rotatable bonds is 12. The molecule has 3 fully saturated rings. The fourth-order valence-electron chi connectivity index (χ4n) is 9.42. The molecule has 0 aromatic carbocycles. The van der Waals surface area contributed by atoms with Crippen LogP contribution in [0.25, 0.3) is 11.3 Å². The van der Waals surface area contributed by atoms with E-state index in [4.69, 9.17) is 23.7 Å². The summed E-state index contributed by atoms with van der Waals surface area (Å²) in [5.41, 5.74) is -1.61. The van der Waals surface area contributed by atoms with E-state index >= 15 is 0 Å². The number of ether oxygens (including phenoxy) is 5. The van der Waals surface area contributed by atoms with E-state index in [9.17, 15) is 28.7 Å². The average Bonchev–Trinajstić information content (AvgIpc) is 3.81. The monoisotopic (exact) mass is 841 g/mol. The fraction of sp³-hybridized carbons (Fsp3) is 0.682. The Labute approximate surface area is 352 Å². The molecule has 15 nitrogen and oxygen atoms in total. The van der Waals surface area contributed by atoms with Crippen molar-refractivity contribution in [3.8, 4) is 11.3 Å².